The first-order valence-corrected chi connectivity index (χ1v) is 6.52. The molecule has 1 saturated heterocycles. The van der Waals surface area contributed by atoms with Crippen LogP contribution in [-0.4, -0.2) is 67.8 Å². The van der Waals surface area contributed by atoms with Gasteiger partial charge in [-0.25, -0.2) is 4.79 Å². The van der Waals surface area contributed by atoms with Crippen molar-refractivity contribution in [1.29, 1.82) is 0 Å². The Morgan fingerprint density at radius 1 is 1.21 bits per heavy atom. The number of amides is 1. The molecule has 1 fully saturated rings. The maximum Gasteiger partial charge on any atom is 0.409 e. The molecular formula is C13H26N2O4. The molecule has 6 heteroatoms. The van der Waals surface area contributed by atoms with Crippen LogP contribution in [-0.2, 0) is 14.3 Å². The van der Waals surface area contributed by atoms with E-state index in [2.05, 4.69) is 16.7 Å². The summed E-state index contributed by atoms with van der Waals surface area (Å²) in [4.78, 5) is 24.7. The number of piperazine rings is 1. The first-order valence-electron chi connectivity index (χ1n) is 6.52. The summed E-state index contributed by atoms with van der Waals surface area (Å²) in [7, 11) is 2.06. The van der Waals surface area contributed by atoms with Gasteiger partial charge in [0.1, 0.15) is 5.60 Å². The molecule has 19 heavy (non-hydrogen) atoms. The van der Waals surface area contributed by atoms with Crippen molar-refractivity contribution in [2.75, 3.05) is 39.8 Å². The van der Waals surface area contributed by atoms with Crippen LogP contribution in [0.2, 0.25) is 0 Å². The lowest BCUT2D eigenvalue weighted by Crippen LogP contribution is -2.47. The summed E-state index contributed by atoms with van der Waals surface area (Å²) >= 11 is 0. The van der Waals surface area contributed by atoms with Gasteiger partial charge in [-0.15, -0.1) is 0 Å². The minimum Gasteiger partial charge on any atom is -0.462 e. The third-order valence-electron chi connectivity index (χ3n) is 2.43. The maximum absolute atomic E-state index is 11.2. The largest absolute Gasteiger partial charge is 0.462 e. The fourth-order valence-electron chi connectivity index (χ4n) is 1.35. The van der Waals surface area contributed by atoms with Gasteiger partial charge in [0.2, 0.25) is 0 Å². The molecule has 1 aliphatic rings. The Labute approximate surface area is 115 Å². The molecule has 0 bridgehead atoms. The van der Waals surface area contributed by atoms with E-state index in [1.807, 2.05) is 27.7 Å². The minimum atomic E-state index is -0.318. The summed E-state index contributed by atoms with van der Waals surface area (Å²) < 4.78 is 9.43. The molecule has 6 nitrogen and oxygen atoms in total. The highest BCUT2D eigenvalue weighted by atomic mass is 16.6. The number of likely N-dealkylation sites (N-methyl/N-ethyl adjacent to an activating group) is 1. The molecule has 0 atom stereocenters. The van der Waals surface area contributed by atoms with Crippen molar-refractivity contribution in [1.82, 2.24) is 9.80 Å². The third kappa shape index (κ3) is 9.30. The van der Waals surface area contributed by atoms with E-state index < -0.39 is 0 Å². The van der Waals surface area contributed by atoms with E-state index in [1.54, 1.807) is 4.90 Å². The standard InChI is InChI=1S/C8H16N2O2.C5H10O2/c1-3-12-8(11)10-6-4-9(2)5-7-10;1-5(2,3)7-4-6/h3-7H2,1-2H3;4H,1-3H3. The van der Waals surface area contributed by atoms with Crippen molar-refractivity contribution in [2.24, 2.45) is 0 Å². The summed E-state index contributed by atoms with van der Waals surface area (Å²) in [6.07, 6.45) is -0.175. The van der Waals surface area contributed by atoms with Gasteiger partial charge in [0.15, 0.2) is 0 Å². The molecule has 1 amide bonds. The van der Waals surface area contributed by atoms with Gasteiger partial charge in [-0.2, -0.15) is 0 Å². The average molecular weight is 274 g/mol. The average Bonchev–Trinajstić information content (AvgIpc) is 2.29. The third-order valence-corrected chi connectivity index (χ3v) is 2.43. The van der Waals surface area contributed by atoms with Crippen molar-refractivity contribution in [3.63, 3.8) is 0 Å². The smallest absolute Gasteiger partial charge is 0.409 e. The van der Waals surface area contributed by atoms with Crippen LogP contribution in [0.5, 0.6) is 0 Å². The van der Waals surface area contributed by atoms with E-state index in [9.17, 15) is 9.59 Å². The molecule has 112 valence electrons. The fourth-order valence-corrected chi connectivity index (χ4v) is 1.35. The lowest BCUT2D eigenvalue weighted by atomic mass is 10.2. The lowest BCUT2D eigenvalue weighted by Gasteiger charge is -2.31. The van der Waals surface area contributed by atoms with E-state index >= 15 is 0 Å². The van der Waals surface area contributed by atoms with E-state index in [1.165, 1.54) is 0 Å². The van der Waals surface area contributed by atoms with E-state index in [4.69, 9.17) is 4.74 Å². The second-order valence-corrected chi connectivity index (χ2v) is 5.32. The van der Waals surface area contributed by atoms with Gasteiger partial charge < -0.3 is 19.3 Å². The van der Waals surface area contributed by atoms with E-state index in [0.29, 0.717) is 13.1 Å². The molecule has 1 rings (SSSR count). The molecule has 0 N–H and O–H groups in total. The number of carbonyl (C=O) groups excluding carboxylic acids is 2. The molecule has 0 aromatic rings. The first-order chi connectivity index (χ1) is 8.80. The maximum atomic E-state index is 11.2. The van der Waals surface area contributed by atoms with Crippen LogP contribution in [0, 0.1) is 0 Å². The molecule has 0 saturated carbocycles. The van der Waals surface area contributed by atoms with Crippen LogP contribution in [0.4, 0.5) is 4.79 Å². The van der Waals surface area contributed by atoms with Gasteiger partial charge in [0.05, 0.1) is 6.61 Å². The van der Waals surface area contributed by atoms with E-state index in [-0.39, 0.29) is 11.7 Å². The Kier molecular flexibility index (Phi) is 8.14. The number of ether oxygens (including phenoxy) is 2. The predicted octanol–water partition coefficient (Wildman–Crippen LogP) is 1.35. The summed E-state index contributed by atoms with van der Waals surface area (Å²) in [5.41, 5.74) is -0.318. The molecule has 0 unspecified atom stereocenters. The molecule has 0 spiro atoms. The molecule has 0 radical (unpaired) electrons. The number of hydrogen-bond donors (Lipinski definition) is 0. The topological polar surface area (TPSA) is 59.1 Å². The van der Waals surface area contributed by atoms with Gasteiger partial charge in [-0.1, -0.05) is 0 Å². The van der Waals surface area contributed by atoms with Crippen LogP contribution >= 0.6 is 0 Å². The highest BCUT2D eigenvalue weighted by Gasteiger charge is 2.19. The Morgan fingerprint density at radius 2 is 1.74 bits per heavy atom. The van der Waals surface area contributed by atoms with Crippen LogP contribution in [0.1, 0.15) is 27.7 Å². The summed E-state index contributed by atoms with van der Waals surface area (Å²) in [5, 5.41) is 0. The van der Waals surface area contributed by atoms with Crippen LogP contribution < -0.4 is 0 Å². The monoisotopic (exact) mass is 274 g/mol. The second-order valence-electron chi connectivity index (χ2n) is 5.32. The van der Waals surface area contributed by atoms with Crippen molar-refractivity contribution in [3.8, 4) is 0 Å². The van der Waals surface area contributed by atoms with Crippen LogP contribution in [0.3, 0.4) is 0 Å². The zero-order valence-electron chi connectivity index (χ0n) is 12.6. The zero-order chi connectivity index (χ0) is 14.9. The highest BCUT2D eigenvalue weighted by Crippen LogP contribution is 2.02. The number of rotatable bonds is 2. The number of carbonyl (C=O) groups is 2. The van der Waals surface area contributed by atoms with Gasteiger partial charge in [0.25, 0.3) is 6.47 Å². The summed E-state index contributed by atoms with van der Waals surface area (Å²) in [6.45, 7) is 11.7. The summed E-state index contributed by atoms with van der Waals surface area (Å²) in [6, 6.07) is 0. The second kappa shape index (κ2) is 8.74. The predicted molar refractivity (Wildman–Crippen MR) is 73.0 cm³/mol. The summed E-state index contributed by atoms with van der Waals surface area (Å²) in [5.74, 6) is 0. The minimum absolute atomic E-state index is 0.175. The Bertz CT molecular complexity index is 268. The van der Waals surface area contributed by atoms with Crippen LogP contribution in [0.15, 0.2) is 0 Å². The SMILES string of the molecule is CC(C)(C)OC=O.CCOC(=O)N1CCN(C)CC1. The number of nitrogens with zero attached hydrogens (tertiary/aromatic N) is 2. The van der Waals surface area contributed by atoms with Gasteiger partial charge in [-0.3, -0.25) is 4.79 Å². The van der Waals surface area contributed by atoms with Crippen molar-refractivity contribution in [2.45, 2.75) is 33.3 Å². The highest BCUT2D eigenvalue weighted by molar-refractivity contribution is 5.67. The van der Waals surface area contributed by atoms with Crippen molar-refractivity contribution >= 4 is 12.6 Å². The molecule has 0 aromatic carbocycles. The van der Waals surface area contributed by atoms with Crippen molar-refractivity contribution < 1.29 is 19.1 Å². The van der Waals surface area contributed by atoms with Gasteiger partial charge in [-0.05, 0) is 34.7 Å². The fraction of sp³-hybridized carbons (Fsp3) is 0.846. The quantitative estimate of drug-likeness (QED) is 0.711. The van der Waals surface area contributed by atoms with E-state index in [0.717, 1.165) is 26.2 Å². The molecular weight excluding hydrogens is 248 g/mol. The van der Waals surface area contributed by atoms with Crippen LogP contribution in [0.25, 0.3) is 0 Å². The van der Waals surface area contributed by atoms with Crippen molar-refractivity contribution in [3.05, 3.63) is 0 Å². The Balaban J connectivity index is 0.000000399. The van der Waals surface area contributed by atoms with Gasteiger partial charge >= 0.3 is 6.09 Å². The number of hydrogen-bond acceptors (Lipinski definition) is 5. The molecule has 0 aromatic heterocycles. The molecule has 1 aliphatic heterocycles. The Hall–Kier alpha value is -1.30. The van der Waals surface area contributed by atoms with Gasteiger partial charge in [0, 0.05) is 26.2 Å². The Morgan fingerprint density at radius 3 is 2.05 bits per heavy atom. The lowest BCUT2D eigenvalue weighted by molar-refractivity contribution is -0.138. The first kappa shape index (κ1) is 17.7. The normalized spacial score (nSPS) is 16.2. The zero-order valence-corrected chi connectivity index (χ0v) is 12.6. The molecule has 0 aliphatic carbocycles. The molecule has 1 heterocycles.